The number of ether oxygens (including phenoxy) is 1. The fourth-order valence-corrected chi connectivity index (χ4v) is 1.79. The highest BCUT2D eigenvalue weighted by atomic mass is 19.1. The van der Waals surface area contributed by atoms with Crippen LogP contribution in [0.15, 0.2) is 24.3 Å². The van der Waals surface area contributed by atoms with Crippen molar-refractivity contribution in [1.29, 1.82) is 0 Å². The third-order valence-electron chi connectivity index (χ3n) is 3.01. The highest BCUT2D eigenvalue weighted by Gasteiger charge is 2.05. The number of hydrogen-bond acceptors (Lipinski definition) is 3. The molecule has 0 radical (unpaired) electrons. The summed E-state index contributed by atoms with van der Waals surface area (Å²) in [5.74, 6) is -0.0810. The molecule has 3 amide bonds. The lowest BCUT2D eigenvalue weighted by Crippen LogP contribution is -2.42. The van der Waals surface area contributed by atoms with Crippen LogP contribution in [0.1, 0.15) is 25.8 Å². The average Bonchev–Trinajstić information content (AvgIpc) is 2.55. The van der Waals surface area contributed by atoms with E-state index >= 15 is 0 Å². The maximum atomic E-state index is 12.7. The van der Waals surface area contributed by atoms with Crippen molar-refractivity contribution in [2.24, 2.45) is 5.92 Å². The molecule has 6 nitrogen and oxygen atoms in total. The van der Waals surface area contributed by atoms with Crippen LogP contribution in [-0.4, -0.2) is 38.2 Å². The molecule has 1 aromatic carbocycles. The summed E-state index contributed by atoms with van der Waals surface area (Å²) in [7, 11) is 0. The van der Waals surface area contributed by atoms with E-state index < -0.39 is 6.03 Å². The van der Waals surface area contributed by atoms with Gasteiger partial charge in [-0.15, -0.1) is 0 Å². The number of nitrogens with one attached hydrogen (secondary N) is 3. The second-order valence-electron chi connectivity index (χ2n) is 5.83. The minimum Gasteiger partial charge on any atom is -0.381 e. The molecule has 0 unspecified atom stereocenters. The third kappa shape index (κ3) is 9.78. The van der Waals surface area contributed by atoms with Gasteiger partial charge in [0.25, 0.3) is 0 Å². The first kappa shape index (κ1) is 19.9. The highest BCUT2D eigenvalue weighted by Crippen LogP contribution is 2.01. The molecule has 0 bridgehead atoms. The van der Waals surface area contributed by atoms with Crippen molar-refractivity contribution >= 4 is 11.9 Å². The van der Waals surface area contributed by atoms with Crippen molar-refractivity contribution in [3.63, 3.8) is 0 Å². The van der Waals surface area contributed by atoms with Gasteiger partial charge in [0.05, 0.1) is 6.54 Å². The fourth-order valence-electron chi connectivity index (χ4n) is 1.79. The lowest BCUT2D eigenvalue weighted by atomic mass is 10.2. The average molecular weight is 339 g/mol. The summed E-state index contributed by atoms with van der Waals surface area (Å²) in [6, 6.07) is 5.38. The lowest BCUT2D eigenvalue weighted by molar-refractivity contribution is -0.120. The van der Waals surface area contributed by atoms with E-state index in [0.29, 0.717) is 25.7 Å². The van der Waals surface area contributed by atoms with Gasteiger partial charge >= 0.3 is 6.03 Å². The Morgan fingerprint density at radius 1 is 1.12 bits per heavy atom. The van der Waals surface area contributed by atoms with Gasteiger partial charge in [0.2, 0.25) is 5.91 Å². The summed E-state index contributed by atoms with van der Waals surface area (Å²) in [6.45, 7) is 6.15. The molecule has 134 valence electrons. The molecule has 0 aromatic heterocycles. The fraction of sp³-hybridized carbons (Fsp3) is 0.529. The molecule has 0 fully saturated rings. The molecule has 1 rings (SSSR count). The van der Waals surface area contributed by atoms with E-state index in [1.807, 2.05) is 0 Å². The summed E-state index contributed by atoms with van der Waals surface area (Å²) >= 11 is 0. The highest BCUT2D eigenvalue weighted by molar-refractivity contribution is 5.83. The number of carbonyl (C=O) groups excluding carboxylic acids is 2. The molecule has 0 aliphatic rings. The Morgan fingerprint density at radius 3 is 2.50 bits per heavy atom. The molecule has 0 aliphatic carbocycles. The molecule has 0 heterocycles. The monoisotopic (exact) mass is 339 g/mol. The van der Waals surface area contributed by atoms with Crippen molar-refractivity contribution in [1.82, 2.24) is 16.0 Å². The van der Waals surface area contributed by atoms with Crippen LogP contribution >= 0.6 is 0 Å². The minimum absolute atomic E-state index is 0.0951. The van der Waals surface area contributed by atoms with Gasteiger partial charge in [0, 0.05) is 26.3 Å². The number of hydrogen-bond donors (Lipinski definition) is 3. The number of halogens is 1. The molecule has 0 spiro atoms. The Kier molecular flexibility index (Phi) is 9.45. The number of benzene rings is 1. The van der Waals surface area contributed by atoms with Crippen molar-refractivity contribution in [3.05, 3.63) is 35.6 Å². The summed E-state index contributed by atoms with van der Waals surface area (Å²) < 4.78 is 18.2. The van der Waals surface area contributed by atoms with E-state index in [2.05, 4.69) is 29.8 Å². The van der Waals surface area contributed by atoms with Crippen molar-refractivity contribution in [2.45, 2.75) is 26.8 Å². The molecule has 1 aromatic rings. The molecular weight excluding hydrogens is 313 g/mol. The maximum Gasteiger partial charge on any atom is 0.315 e. The zero-order valence-electron chi connectivity index (χ0n) is 14.2. The van der Waals surface area contributed by atoms with Crippen LogP contribution in [0.5, 0.6) is 0 Å². The zero-order chi connectivity index (χ0) is 17.8. The summed E-state index contributed by atoms with van der Waals surface area (Å²) in [4.78, 5) is 23.1. The topological polar surface area (TPSA) is 79.5 Å². The molecule has 7 heteroatoms. The lowest BCUT2D eigenvalue weighted by Gasteiger charge is -2.09. The number of urea groups is 1. The van der Waals surface area contributed by atoms with Crippen LogP contribution in [0.3, 0.4) is 0 Å². The molecule has 0 aliphatic heterocycles. The molecule has 24 heavy (non-hydrogen) atoms. The first-order valence-corrected chi connectivity index (χ1v) is 8.08. The molecular formula is C17H26FN3O3. The maximum absolute atomic E-state index is 12.7. The second-order valence-corrected chi connectivity index (χ2v) is 5.83. The van der Waals surface area contributed by atoms with Gasteiger partial charge < -0.3 is 20.7 Å². The number of rotatable bonds is 10. The van der Waals surface area contributed by atoms with Crippen molar-refractivity contribution in [2.75, 3.05) is 26.3 Å². The first-order valence-electron chi connectivity index (χ1n) is 8.08. The summed E-state index contributed by atoms with van der Waals surface area (Å²) in [5.41, 5.74) is 0.775. The standard InChI is InChI=1S/C17H26FN3O3/c1-13(2)12-24-9-3-8-19-16(22)11-21-17(23)20-10-14-4-6-15(18)7-5-14/h4-7,13H,3,8-12H2,1-2H3,(H,19,22)(H2,20,21,23). The number of amides is 3. The van der Waals surface area contributed by atoms with Gasteiger partial charge in [0.1, 0.15) is 5.82 Å². The Morgan fingerprint density at radius 2 is 1.83 bits per heavy atom. The van der Waals surface area contributed by atoms with Gasteiger partial charge in [-0.3, -0.25) is 4.79 Å². The van der Waals surface area contributed by atoms with Crippen LogP contribution < -0.4 is 16.0 Å². The van der Waals surface area contributed by atoms with E-state index in [-0.39, 0.29) is 24.8 Å². The first-order chi connectivity index (χ1) is 11.5. The zero-order valence-corrected chi connectivity index (χ0v) is 14.2. The Bertz CT molecular complexity index is 506. The number of carbonyl (C=O) groups is 2. The predicted molar refractivity (Wildman–Crippen MR) is 89.9 cm³/mol. The molecule has 0 atom stereocenters. The van der Waals surface area contributed by atoms with Gasteiger partial charge in [-0.05, 0) is 30.0 Å². The smallest absolute Gasteiger partial charge is 0.315 e. The van der Waals surface area contributed by atoms with E-state index in [4.69, 9.17) is 4.74 Å². The van der Waals surface area contributed by atoms with E-state index in [1.165, 1.54) is 12.1 Å². The third-order valence-corrected chi connectivity index (χ3v) is 3.01. The van der Waals surface area contributed by atoms with E-state index in [9.17, 15) is 14.0 Å². The van der Waals surface area contributed by atoms with Crippen molar-refractivity contribution in [3.8, 4) is 0 Å². The quantitative estimate of drug-likeness (QED) is 0.569. The molecule has 0 saturated carbocycles. The summed E-state index contributed by atoms with van der Waals surface area (Å²) in [6.07, 6.45) is 0.731. The van der Waals surface area contributed by atoms with Crippen LogP contribution in [0.2, 0.25) is 0 Å². The molecule has 3 N–H and O–H groups in total. The van der Waals surface area contributed by atoms with Crippen LogP contribution in [-0.2, 0) is 16.1 Å². The largest absolute Gasteiger partial charge is 0.381 e. The van der Waals surface area contributed by atoms with E-state index in [1.54, 1.807) is 12.1 Å². The predicted octanol–water partition coefficient (Wildman–Crippen LogP) is 1.80. The van der Waals surface area contributed by atoms with Crippen molar-refractivity contribution < 1.29 is 18.7 Å². The minimum atomic E-state index is -0.449. The van der Waals surface area contributed by atoms with Gasteiger partial charge in [-0.25, -0.2) is 9.18 Å². The van der Waals surface area contributed by atoms with Crippen LogP contribution in [0, 0.1) is 11.7 Å². The van der Waals surface area contributed by atoms with Gasteiger partial charge in [-0.2, -0.15) is 0 Å². The van der Waals surface area contributed by atoms with Crippen LogP contribution in [0.4, 0.5) is 9.18 Å². The summed E-state index contributed by atoms with van der Waals surface area (Å²) in [5, 5.41) is 7.76. The Balaban J connectivity index is 2.04. The van der Waals surface area contributed by atoms with Gasteiger partial charge in [0.15, 0.2) is 0 Å². The van der Waals surface area contributed by atoms with Gasteiger partial charge in [-0.1, -0.05) is 26.0 Å². The normalized spacial score (nSPS) is 10.5. The second kappa shape index (κ2) is 11.4. The Hall–Kier alpha value is -2.15. The Labute approximate surface area is 142 Å². The van der Waals surface area contributed by atoms with Crippen LogP contribution in [0.25, 0.3) is 0 Å². The SMILES string of the molecule is CC(C)COCCCNC(=O)CNC(=O)NCc1ccc(F)cc1. The molecule has 0 saturated heterocycles. The van der Waals surface area contributed by atoms with E-state index in [0.717, 1.165) is 12.0 Å².